The molecule has 0 aliphatic carbocycles. The summed E-state index contributed by atoms with van der Waals surface area (Å²) in [6.07, 6.45) is 3.85. The first kappa shape index (κ1) is 17.7. The number of nitrogens with zero attached hydrogens (tertiary/aromatic N) is 3. The molecule has 0 unspecified atom stereocenters. The van der Waals surface area contributed by atoms with Crippen molar-refractivity contribution in [1.29, 1.82) is 0 Å². The van der Waals surface area contributed by atoms with E-state index in [1.54, 1.807) is 6.20 Å². The van der Waals surface area contributed by atoms with Crippen LogP contribution in [0.2, 0.25) is 5.02 Å². The first-order valence-corrected chi connectivity index (χ1v) is 8.88. The number of fused-ring (bicyclic) bond motifs is 1. The minimum absolute atomic E-state index is 0.281. The van der Waals surface area contributed by atoms with Gasteiger partial charge in [0.1, 0.15) is 23.6 Å². The van der Waals surface area contributed by atoms with Crippen molar-refractivity contribution in [3.63, 3.8) is 0 Å². The van der Waals surface area contributed by atoms with Crippen LogP contribution < -0.4 is 16.0 Å². The van der Waals surface area contributed by atoms with Crippen LogP contribution in [-0.2, 0) is 0 Å². The number of halogens is 2. The molecule has 27 heavy (non-hydrogen) atoms. The second-order valence-corrected chi connectivity index (χ2v) is 7.19. The maximum absolute atomic E-state index is 13.0. The average molecular weight is 389 g/mol. The van der Waals surface area contributed by atoms with Crippen LogP contribution in [0.4, 0.5) is 10.2 Å². The Labute approximate surface area is 159 Å². The zero-order chi connectivity index (χ0) is 19.0. The number of benzene rings is 1. The summed E-state index contributed by atoms with van der Waals surface area (Å²) in [5.74, 6) is 0.0627. The van der Waals surface area contributed by atoms with Crippen molar-refractivity contribution < 1.29 is 9.18 Å². The molecule has 0 bridgehead atoms. The minimum Gasteiger partial charge on any atom is -0.354 e. The molecule has 1 amide bonds. The molecule has 3 aromatic rings. The molecule has 4 rings (SSSR count). The molecule has 1 saturated heterocycles. The normalized spacial score (nSPS) is 19.6. The molecule has 2 aromatic heterocycles. The number of anilines is 1. The van der Waals surface area contributed by atoms with Gasteiger partial charge in [-0.1, -0.05) is 11.6 Å². The maximum atomic E-state index is 13.0. The SMILES string of the molecule is N[C@]1(CNC(=O)c2ccc(F)cc2)CCN(c2ncnc3[nH]cc(Cl)c23)C1. The lowest BCUT2D eigenvalue weighted by Crippen LogP contribution is -2.52. The Morgan fingerprint density at radius 3 is 2.93 bits per heavy atom. The number of hydrogen-bond donors (Lipinski definition) is 3. The van der Waals surface area contributed by atoms with Crippen molar-refractivity contribution >= 4 is 34.4 Å². The van der Waals surface area contributed by atoms with Crippen LogP contribution in [0.25, 0.3) is 11.0 Å². The Bertz CT molecular complexity index is 991. The smallest absolute Gasteiger partial charge is 0.251 e. The van der Waals surface area contributed by atoms with Gasteiger partial charge in [0.05, 0.1) is 15.9 Å². The van der Waals surface area contributed by atoms with Crippen LogP contribution in [0.15, 0.2) is 36.8 Å². The summed E-state index contributed by atoms with van der Waals surface area (Å²) < 4.78 is 13.0. The van der Waals surface area contributed by atoms with Gasteiger partial charge in [0, 0.05) is 31.4 Å². The lowest BCUT2D eigenvalue weighted by Gasteiger charge is -2.25. The largest absolute Gasteiger partial charge is 0.354 e. The number of H-pyrrole nitrogens is 1. The Hall–Kier alpha value is -2.71. The van der Waals surface area contributed by atoms with Gasteiger partial charge in [-0.05, 0) is 30.7 Å². The lowest BCUT2D eigenvalue weighted by molar-refractivity contribution is 0.0945. The third kappa shape index (κ3) is 3.45. The lowest BCUT2D eigenvalue weighted by atomic mass is 10.00. The van der Waals surface area contributed by atoms with Gasteiger partial charge in [-0.25, -0.2) is 14.4 Å². The molecule has 1 aliphatic rings. The first-order chi connectivity index (χ1) is 13.0. The van der Waals surface area contributed by atoms with Gasteiger partial charge in [0.25, 0.3) is 5.91 Å². The van der Waals surface area contributed by atoms with Crippen molar-refractivity contribution in [2.24, 2.45) is 5.73 Å². The summed E-state index contributed by atoms with van der Waals surface area (Å²) in [6, 6.07) is 5.40. The van der Waals surface area contributed by atoms with Gasteiger partial charge in [-0.15, -0.1) is 0 Å². The van der Waals surface area contributed by atoms with E-state index in [0.717, 1.165) is 11.2 Å². The summed E-state index contributed by atoms with van der Waals surface area (Å²) in [6.45, 7) is 1.51. The number of aromatic nitrogens is 3. The number of nitrogens with one attached hydrogen (secondary N) is 2. The molecule has 1 atom stereocenters. The number of carbonyl (C=O) groups excluding carboxylic acids is 1. The highest BCUT2D eigenvalue weighted by Crippen LogP contribution is 2.32. The highest BCUT2D eigenvalue weighted by atomic mass is 35.5. The Morgan fingerprint density at radius 2 is 2.15 bits per heavy atom. The van der Waals surface area contributed by atoms with Crippen molar-refractivity contribution in [1.82, 2.24) is 20.3 Å². The van der Waals surface area contributed by atoms with E-state index in [2.05, 4.69) is 20.3 Å². The zero-order valence-corrected chi connectivity index (χ0v) is 15.1. The van der Waals surface area contributed by atoms with E-state index in [0.29, 0.717) is 42.3 Å². The number of rotatable bonds is 4. The summed E-state index contributed by atoms with van der Waals surface area (Å²) in [5, 5.41) is 4.16. The third-order valence-corrected chi connectivity index (χ3v) is 5.09. The fourth-order valence-corrected chi connectivity index (χ4v) is 3.56. The van der Waals surface area contributed by atoms with Crippen LogP contribution >= 0.6 is 11.6 Å². The molecule has 4 N–H and O–H groups in total. The van der Waals surface area contributed by atoms with E-state index in [1.807, 2.05) is 4.90 Å². The zero-order valence-electron chi connectivity index (χ0n) is 14.4. The molecule has 0 radical (unpaired) electrons. The predicted octanol–water partition coefficient (Wildman–Crippen LogP) is 2.09. The molecule has 3 heterocycles. The van der Waals surface area contributed by atoms with Crippen LogP contribution in [-0.4, -0.2) is 46.0 Å². The molecule has 1 aromatic carbocycles. The van der Waals surface area contributed by atoms with E-state index < -0.39 is 5.54 Å². The molecule has 9 heteroatoms. The Morgan fingerprint density at radius 1 is 1.37 bits per heavy atom. The predicted molar refractivity (Wildman–Crippen MR) is 101 cm³/mol. The van der Waals surface area contributed by atoms with E-state index in [1.165, 1.54) is 30.6 Å². The highest BCUT2D eigenvalue weighted by Gasteiger charge is 2.36. The Kier molecular flexibility index (Phi) is 4.45. The molecule has 1 fully saturated rings. The fraction of sp³-hybridized carbons (Fsp3) is 0.278. The molecule has 1 aliphatic heterocycles. The highest BCUT2D eigenvalue weighted by molar-refractivity contribution is 6.36. The fourth-order valence-electron chi connectivity index (χ4n) is 3.33. The van der Waals surface area contributed by atoms with E-state index in [-0.39, 0.29) is 11.7 Å². The number of amides is 1. The Balaban J connectivity index is 1.45. The topological polar surface area (TPSA) is 99.9 Å². The van der Waals surface area contributed by atoms with E-state index in [9.17, 15) is 9.18 Å². The van der Waals surface area contributed by atoms with Crippen LogP contribution in [0, 0.1) is 5.82 Å². The summed E-state index contributed by atoms with van der Waals surface area (Å²) in [7, 11) is 0. The second-order valence-electron chi connectivity index (χ2n) is 6.78. The number of aromatic amines is 1. The monoisotopic (exact) mass is 388 g/mol. The van der Waals surface area contributed by atoms with Crippen molar-refractivity contribution in [2.45, 2.75) is 12.0 Å². The summed E-state index contributed by atoms with van der Waals surface area (Å²) in [5.41, 5.74) is 6.96. The van der Waals surface area contributed by atoms with Crippen LogP contribution in [0.3, 0.4) is 0 Å². The molecule has 0 saturated carbocycles. The molecular formula is C18H18ClFN6O. The molecule has 140 valence electrons. The first-order valence-electron chi connectivity index (χ1n) is 8.50. The number of nitrogens with two attached hydrogens (primary N) is 1. The van der Waals surface area contributed by atoms with Crippen molar-refractivity contribution in [3.8, 4) is 0 Å². The number of carbonyl (C=O) groups is 1. The molecular weight excluding hydrogens is 371 g/mol. The third-order valence-electron chi connectivity index (χ3n) is 4.79. The van der Waals surface area contributed by atoms with Gasteiger partial charge >= 0.3 is 0 Å². The second kappa shape index (κ2) is 6.79. The van der Waals surface area contributed by atoms with Crippen LogP contribution in [0.5, 0.6) is 0 Å². The van der Waals surface area contributed by atoms with E-state index in [4.69, 9.17) is 17.3 Å². The maximum Gasteiger partial charge on any atom is 0.251 e. The summed E-state index contributed by atoms with van der Waals surface area (Å²) >= 11 is 6.26. The van der Waals surface area contributed by atoms with Crippen LogP contribution in [0.1, 0.15) is 16.8 Å². The standard InChI is InChI=1S/C18H18ClFN6O/c19-13-7-22-15-14(13)16(25-10-24-15)26-6-5-18(21,9-26)8-23-17(27)11-1-3-12(20)4-2-11/h1-4,7,10H,5-6,8-9,21H2,(H,23,27)(H,22,24,25)/t18-/m0/s1. The molecule has 7 nitrogen and oxygen atoms in total. The number of hydrogen-bond acceptors (Lipinski definition) is 5. The van der Waals surface area contributed by atoms with Gasteiger partial charge in [-0.2, -0.15) is 0 Å². The van der Waals surface area contributed by atoms with Crippen molar-refractivity contribution in [2.75, 3.05) is 24.5 Å². The quantitative estimate of drug-likeness (QED) is 0.635. The van der Waals surface area contributed by atoms with Gasteiger partial charge in [-0.3, -0.25) is 4.79 Å². The average Bonchev–Trinajstić information content (AvgIpc) is 3.24. The van der Waals surface area contributed by atoms with Gasteiger partial charge < -0.3 is 20.9 Å². The van der Waals surface area contributed by atoms with E-state index >= 15 is 0 Å². The summed E-state index contributed by atoms with van der Waals surface area (Å²) in [4.78, 5) is 25.9. The minimum atomic E-state index is -0.601. The van der Waals surface area contributed by atoms with Gasteiger partial charge in [0.15, 0.2) is 0 Å². The van der Waals surface area contributed by atoms with Gasteiger partial charge in [0.2, 0.25) is 0 Å². The molecule has 0 spiro atoms. The van der Waals surface area contributed by atoms with Crippen molar-refractivity contribution in [3.05, 3.63) is 53.2 Å².